The highest BCUT2D eigenvalue weighted by Crippen LogP contribution is 2.25. The smallest absolute Gasteiger partial charge is 0.316 e. The van der Waals surface area contributed by atoms with Crippen molar-refractivity contribution in [3.63, 3.8) is 0 Å². The van der Waals surface area contributed by atoms with Crippen LogP contribution < -0.4 is 0 Å². The van der Waals surface area contributed by atoms with Gasteiger partial charge in [0.2, 0.25) is 0 Å². The van der Waals surface area contributed by atoms with Crippen LogP contribution in [0.1, 0.15) is 50.3 Å². The van der Waals surface area contributed by atoms with Gasteiger partial charge in [-0.15, -0.1) is 10.2 Å². The molecule has 0 aromatic carbocycles. The molecule has 0 fully saturated rings. The molecule has 114 valence electrons. The lowest BCUT2D eigenvalue weighted by Crippen LogP contribution is -2.21. The molecule has 0 saturated heterocycles. The van der Waals surface area contributed by atoms with Crippen LogP contribution in [0.2, 0.25) is 0 Å². The van der Waals surface area contributed by atoms with E-state index < -0.39 is 5.92 Å². The summed E-state index contributed by atoms with van der Waals surface area (Å²) >= 11 is 0. The summed E-state index contributed by atoms with van der Waals surface area (Å²) in [4.78, 5) is 16.6. The minimum absolute atomic E-state index is 0.250. The zero-order valence-electron chi connectivity index (χ0n) is 13.3. The zero-order valence-corrected chi connectivity index (χ0v) is 13.3. The molecule has 1 unspecified atom stereocenters. The van der Waals surface area contributed by atoms with E-state index in [0.717, 1.165) is 11.4 Å². The molecule has 0 N–H and O–H groups in total. The third kappa shape index (κ3) is 3.20. The van der Waals surface area contributed by atoms with Crippen molar-refractivity contribution in [1.82, 2.24) is 19.6 Å². The number of carbonyl (C=O) groups excluding carboxylic acids is 1. The topological polar surface area (TPSA) is 69.4 Å². The molecule has 2 aromatic heterocycles. The van der Waals surface area contributed by atoms with Crippen LogP contribution in [-0.4, -0.2) is 32.2 Å². The van der Waals surface area contributed by atoms with Crippen molar-refractivity contribution in [1.29, 1.82) is 0 Å². The molecular formula is C15H22N4O2. The Labute approximate surface area is 124 Å². The number of esters is 1. The highest BCUT2D eigenvalue weighted by Gasteiger charge is 2.28. The van der Waals surface area contributed by atoms with Crippen molar-refractivity contribution in [2.24, 2.45) is 5.92 Å². The molecule has 0 bridgehead atoms. The summed E-state index contributed by atoms with van der Waals surface area (Å²) < 4.78 is 7.04. The van der Waals surface area contributed by atoms with Gasteiger partial charge in [-0.25, -0.2) is 4.98 Å². The van der Waals surface area contributed by atoms with E-state index in [-0.39, 0.29) is 5.97 Å². The standard InChI is InChI=1S/C15H22N4O2/c1-6-21-14(20)12(7-9(2)3)13-17-18-15-16-10(4)8-11(5)19(13)15/h8-9,12H,6-7H2,1-5H3. The third-order valence-electron chi connectivity index (χ3n) is 3.31. The van der Waals surface area contributed by atoms with Crippen molar-refractivity contribution in [2.75, 3.05) is 6.61 Å². The molecule has 0 radical (unpaired) electrons. The van der Waals surface area contributed by atoms with Crippen LogP contribution in [0.5, 0.6) is 0 Å². The van der Waals surface area contributed by atoms with E-state index in [1.807, 2.05) is 31.2 Å². The summed E-state index contributed by atoms with van der Waals surface area (Å²) in [6, 6.07) is 1.96. The van der Waals surface area contributed by atoms with Gasteiger partial charge >= 0.3 is 5.97 Å². The van der Waals surface area contributed by atoms with Gasteiger partial charge in [-0.2, -0.15) is 0 Å². The fraction of sp³-hybridized carbons (Fsp3) is 0.600. The second-order valence-electron chi connectivity index (χ2n) is 5.67. The Balaban J connectivity index is 2.51. The predicted octanol–water partition coefficient (Wildman–Crippen LogP) is 2.43. The maximum atomic E-state index is 12.3. The molecule has 0 amide bonds. The normalized spacial score (nSPS) is 12.9. The van der Waals surface area contributed by atoms with Gasteiger partial charge in [-0.3, -0.25) is 9.20 Å². The van der Waals surface area contributed by atoms with Crippen LogP contribution >= 0.6 is 0 Å². The Morgan fingerprint density at radius 1 is 1.33 bits per heavy atom. The fourth-order valence-electron chi connectivity index (χ4n) is 2.50. The van der Waals surface area contributed by atoms with Crippen molar-refractivity contribution < 1.29 is 9.53 Å². The molecule has 0 aliphatic heterocycles. The van der Waals surface area contributed by atoms with Gasteiger partial charge in [0.1, 0.15) is 5.92 Å². The molecule has 2 aromatic rings. The summed E-state index contributed by atoms with van der Waals surface area (Å²) in [7, 11) is 0. The van der Waals surface area contributed by atoms with E-state index in [1.54, 1.807) is 0 Å². The average Bonchev–Trinajstić information content (AvgIpc) is 2.79. The molecule has 21 heavy (non-hydrogen) atoms. The van der Waals surface area contributed by atoms with E-state index in [2.05, 4.69) is 29.0 Å². The molecule has 6 nitrogen and oxygen atoms in total. The summed E-state index contributed by atoms with van der Waals surface area (Å²) in [6.45, 7) is 10.2. The average molecular weight is 290 g/mol. The molecule has 6 heteroatoms. The van der Waals surface area contributed by atoms with E-state index in [0.29, 0.717) is 30.5 Å². The Hall–Kier alpha value is -1.98. The first-order valence-electron chi connectivity index (χ1n) is 7.30. The number of nitrogens with zero attached hydrogens (tertiary/aromatic N) is 4. The Kier molecular flexibility index (Phi) is 4.55. The summed E-state index contributed by atoms with van der Waals surface area (Å²) in [5.41, 5.74) is 1.85. The summed E-state index contributed by atoms with van der Waals surface area (Å²) in [5, 5.41) is 8.31. The number of aromatic nitrogens is 4. The van der Waals surface area contributed by atoms with Crippen LogP contribution in [0.4, 0.5) is 0 Å². The molecule has 0 spiro atoms. The van der Waals surface area contributed by atoms with Gasteiger partial charge in [0.25, 0.3) is 5.78 Å². The van der Waals surface area contributed by atoms with Gasteiger partial charge in [0.05, 0.1) is 6.61 Å². The first-order chi connectivity index (χ1) is 9.93. The lowest BCUT2D eigenvalue weighted by molar-refractivity contribution is -0.145. The highest BCUT2D eigenvalue weighted by molar-refractivity contribution is 5.77. The lowest BCUT2D eigenvalue weighted by atomic mass is 9.96. The third-order valence-corrected chi connectivity index (χ3v) is 3.31. The molecular weight excluding hydrogens is 268 g/mol. The van der Waals surface area contributed by atoms with Crippen molar-refractivity contribution in [3.05, 3.63) is 23.3 Å². The van der Waals surface area contributed by atoms with Crippen LogP contribution in [0.3, 0.4) is 0 Å². The van der Waals surface area contributed by atoms with Crippen LogP contribution in [0.25, 0.3) is 5.78 Å². The van der Waals surface area contributed by atoms with Gasteiger partial charge in [-0.05, 0) is 39.2 Å². The molecule has 0 aliphatic rings. The number of fused-ring (bicyclic) bond motifs is 1. The minimum Gasteiger partial charge on any atom is -0.465 e. The fourth-order valence-corrected chi connectivity index (χ4v) is 2.50. The highest BCUT2D eigenvalue weighted by atomic mass is 16.5. The van der Waals surface area contributed by atoms with Crippen LogP contribution in [0, 0.1) is 19.8 Å². The summed E-state index contributed by atoms with van der Waals surface area (Å²) in [6.07, 6.45) is 0.674. The Morgan fingerprint density at radius 2 is 2.05 bits per heavy atom. The number of hydrogen-bond donors (Lipinski definition) is 0. The molecule has 2 heterocycles. The number of hydrogen-bond acceptors (Lipinski definition) is 5. The van der Waals surface area contributed by atoms with E-state index in [4.69, 9.17) is 4.74 Å². The number of carbonyl (C=O) groups is 1. The number of aryl methyl sites for hydroxylation is 2. The second-order valence-corrected chi connectivity index (χ2v) is 5.67. The van der Waals surface area contributed by atoms with Crippen molar-refractivity contribution in [2.45, 2.75) is 47.0 Å². The Bertz CT molecular complexity index is 648. The van der Waals surface area contributed by atoms with Gasteiger partial charge in [-0.1, -0.05) is 13.8 Å². The van der Waals surface area contributed by atoms with E-state index in [9.17, 15) is 4.79 Å². The van der Waals surface area contributed by atoms with Gasteiger partial charge in [0.15, 0.2) is 5.82 Å². The first kappa shape index (κ1) is 15.4. The maximum absolute atomic E-state index is 12.3. The number of rotatable bonds is 5. The Morgan fingerprint density at radius 3 is 2.67 bits per heavy atom. The van der Waals surface area contributed by atoms with Crippen molar-refractivity contribution in [3.8, 4) is 0 Å². The summed E-state index contributed by atoms with van der Waals surface area (Å²) in [5.74, 6) is 0.830. The van der Waals surface area contributed by atoms with Crippen LogP contribution in [0.15, 0.2) is 6.07 Å². The number of ether oxygens (including phenoxy) is 1. The minimum atomic E-state index is -0.414. The van der Waals surface area contributed by atoms with E-state index >= 15 is 0 Å². The predicted molar refractivity (Wildman–Crippen MR) is 79.1 cm³/mol. The largest absolute Gasteiger partial charge is 0.465 e. The van der Waals surface area contributed by atoms with Gasteiger partial charge in [0, 0.05) is 11.4 Å². The second kappa shape index (κ2) is 6.20. The van der Waals surface area contributed by atoms with Gasteiger partial charge < -0.3 is 4.74 Å². The van der Waals surface area contributed by atoms with E-state index in [1.165, 1.54) is 0 Å². The maximum Gasteiger partial charge on any atom is 0.316 e. The first-order valence-corrected chi connectivity index (χ1v) is 7.30. The van der Waals surface area contributed by atoms with Crippen LogP contribution in [-0.2, 0) is 9.53 Å². The zero-order chi connectivity index (χ0) is 15.6. The van der Waals surface area contributed by atoms with Crippen molar-refractivity contribution >= 4 is 11.7 Å². The molecule has 2 rings (SSSR count). The monoisotopic (exact) mass is 290 g/mol. The SMILES string of the molecule is CCOC(=O)C(CC(C)C)c1nnc2nc(C)cc(C)n12. The molecule has 1 atom stereocenters. The molecule has 0 aliphatic carbocycles. The molecule has 0 saturated carbocycles. The lowest BCUT2D eigenvalue weighted by Gasteiger charge is -2.16. The quantitative estimate of drug-likeness (QED) is 0.791.